The fourth-order valence-electron chi connectivity index (χ4n) is 5.59. The summed E-state index contributed by atoms with van der Waals surface area (Å²) in [5.74, 6) is -3.67. The van der Waals surface area contributed by atoms with Crippen molar-refractivity contribution in [2.45, 2.75) is 37.9 Å². The zero-order valence-corrected chi connectivity index (χ0v) is 19.7. The number of nitrogens with zero attached hydrogens (tertiary/aromatic N) is 1. The third-order valence-corrected chi connectivity index (χ3v) is 7.65. The number of benzene rings is 2. The molecule has 8 nitrogen and oxygen atoms in total. The molecule has 2 aromatic rings. The van der Waals surface area contributed by atoms with Crippen LogP contribution in [0.3, 0.4) is 0 Å². The van der Waals surface area contributed by atoms with E-state index in [-0.39, 0.29) is 19.4 Å². The predicted molar refractivity (Wildman–Crippen MR) is 126 cm³/mol. The van der Waals surface area contributed by atoms with Crippen molar-refractivity contribution in [3.63, 3.8) is 0 Å². The molecule has 10 heteroatoms. The monoisotopic (exact) mass is 500 g/mol. The second-order valence-electron chi connectivity index (χ2n) is 9.02. The molecule has 1 spiro atoms. The molecule has 4 amide bonds. The van der Waals surface area contributed by atoms with Crippen LogP contribution in [-0.2, 0) is 31.3 Å². The van der Waals surface area contributed by atoms with Gasteiger partial charge in [-0.3, -0.25) is 29.4 Å². The van der Waals surface area contributed by atoms with Crippen LogP contribution in [0.4, 0.5) is 5.69 Å². The summed E-state index contributed by atoms with van der Waals surface area (Å²) < 4.78 is 0. The Morgan fingerprint density at radius 1 is 1.15 bits per heavy atom. The number of carbonyl (C=O) groups is 4. The molecule has 4 N–H and O–H groups in total. The van der Waals surface area contributed by atoms with Crippen molar-refractivity contribution in [2.75, 3.05) is 5.32 Å². The molecule has 3 aliphatic rings. The van der Waals surface area contributed by atoms with Crippen LogP contribution in [0, 0.1) is 18.8 Å². The summed E-state index contributed by atoms with van der Waals surface area (Å²) in [7, 11) is 0. The standard InChI is InChI=1S/C24H22Cl2N4O4/c1-11-8-13(25)9-14-20(11)28-23(34)24(14)19-18(16(29-24)6-7-17(27)31)21(32)30(22(19)33)10-12-4-2-3-5-15(12)26/h2-5,8-9,16,18-19,29H,6-7,10H2,1H3,(H2,27,31)(H,28,34)/t16-,18-,19+,24+/m1/s1. The van der Waals surface area contributed by atoms with E-state index in [1.165, 1.54) is 4.90 Å². The van der Waals surface area contributed by atoms with E-state index in [9.17, 15) is 19.2 Å². The van der Waals surface area contributed by atoms with Gasteiger partial charge in [0.1, 0.15) is 5.54 Å². The first-order valence-corrected chi connectivity index (χ1v) is 11.7. The maximum atomic E-state index is 13.8. The summed E-state index contributed by atoms with van der Waals surface area (Å²) in [6.07, 6.45) is 0.214. The molecule has 4 atom stereocenters. The van der Waals surface area contributed by atoms with E-state index >= 15 is 0 Å². The largest absolute Gasteiger partial charge is 0.370 e. The lowest BCUT2D eigenvalue weighted by molar-refractivity contribution is -0.143. The minimum Gasteiger partial charge on any atom is -0.370 e. The third kappa shape index (κ3) is 3.24. The molecule has 3 heterocycles. The lowest BCUT2D eigenvalue weighted by atomic mass is 9.76. The Hall–Kier alpha value is -2.94. The number of rotatable bonds is 5. The number of imide groups is 1. The number of fused-ring (bicyclic) bond motifs is 4. The van der Waals surface area contributed by atoms with Crippen molar-refractivity contribution in [3.05, 3.63) is 63.1 Å². The highest BCUT2D eigenvalue weighted by Gasteiger charge is 2.70. The number of nitrogens with two attached hydrogens (primary N) is 1. The van der Waals surface area contributed by atoms with Gasteiger partial charge in [-0.05, 0) is 42.7 Å². The molecular weight excluding hydrogens is 479 g/mol. The third-order valence-electron chi connectivity index (χ3n) is 7.07. The quantitative estimate of drug-likeness (QED) is 0.544. The highest BCUT2D eigenvalue weighted by molar-refractivity contribution is 6.31. The summed E-state index contributed by atoms with van der Waals surface area (Å²) >= 11 is 12.6. The normalized spacial score (nSPS) is 27.3. The molecule has 176 valence electrons. The van der Waals surface area contributed by atoms with Gasteiger partial charge in [0, 0.05) is 33.8 Å². The Kier molecular flexibility index (Phi) is 5.42. The van der Waals surface area contributed by atoms with Crippen molar-refractivity contribution in [2.24, 2.45) is 17.6 Å². The number of nitrogens with one attached hydrogen (secondary N) is 2. The second kappa shape index (κ2) is 8.08. The van der Waals surface area contributed by atoms with E-state index in [4.69, 9.17) is 28.9 Å². The van der Waals surface area contributed by atoms with Gasteiger partial charge in [-0.1, -0.05) is 41.4 Å². The SMILES string of the molecule is Cc1cc(Cl)cc2c1NC(=O)[C@]21N[C@H](CCC(N)=O)[C@H]2C(=O)N(Cc3ccccc3Cl)C(=O)[C@H]21. The van der Waals surface area contributed by atoms with Gasteiger partial charge in [0.05, 0.1) is 18.4 Å². The molecular formula is C24H22Cl2N4O4. The predicted octanol–water partition coefficient (Wildman–Crippen LogP) is 2.49. The number of anilines is 1. The van der Waals surface area contributed by atoms with Gasteiger partial charge in [-0.25, -0.2) is 0 Å². The molecule has 34 heavy (non-hydrogen) atoms. The molecule has 5 rings (SSSR count). The number of halogens is 2. The van der Waals surface area contributed by atoms with Crippen LogP contribution in [-0.4, -0.2) is 34.6 Å². The lowest BCUT2D eigenvalue weighted by Gasteiger charge is -2.29. The van der Waals surface area contributed by atoms with Crippen LogP contribution in [0.1, 0.15) is 29.5 Å². The Bertz CT molecular complexity index is 1270. The van der Waals surface area contributed by atoms with E-state index in [1.807, 2.05) is 6.92 Å². The number of aryl methyl sites for hydroxylation is 1. The summed E-state index contributed by atoms with van der Waals surface area (Å²) in [4.78, 5) is 53.6. The summed E-state index contributed by atoms with van der Waals surface area (Å²) in [5, 5.41) is 6.99. The van der Waals surface area contributed by atoms with Crippen molar-refractivity contribution in [1.82, 2.24) is 10.2 Å². The van der Waals surface area contributed by atoms with Crippen LogP contribution in [0.25, 0.3) is 0 Å². The van der Waals surface area contributed by atoms with Crippen molar-refractivity contribution >= 4 is 52.5 Å². The van der Waals surface area contributed by atoms with Gasteiger partial charge in [0.15, 0.2) is 0 Å². The summed E-state index contributed by atoms with van der Waals surface area (Å²) in [6.45, 7) is 1.80. The topological polar surface area (TPSA) is 122 Å². The Morgan fingerprint density at radius 3 is 2.59 bits per heavy atom. The smallest absolute Gasteiger partial charge is 0.250 e. The summed E-state index contributed by atoms with van der Waals surface area (Å²) in [6, 6.07) is 9.74. The minimum atomic E-state index is -1.49. The average Bonchev–Trinajstić information content (AvgIpc) is 3.35. The molecule has 3 aliphatic heterocycles. The zero-order valence-electron chi connectivity index (χ0n) is 18.2. The van der Waals surface area contributed by atoms with E-state index in [2.05, 4.69) is 10.6 Å². The van der Waals surface area contributed by atoms with Gasteiger partial charge in [0.2, 0.25) is 23.6 Å². The Balaban J connectivity index is 1.62. The van der Waals surface area contributed by atoms with Crippen LogP contribution >= 0.6 is 23.2 Å². The van der Waals surface area contributed by atoms with E-state index in [1.54, 1.807) is 36.4 Å². The number of primary amides is 1. The molecule has 0 saturated carbocycles. The van der Waals surface area contributed by atoms with Gasteiger partial charge >= 0.3 is 0 Å². The van der Waals surface area contributed by atoms with Crippen LogP contribution in [0.2, 0.25) is 10.0 Å². The highest BCUT2D eigenvalue weighted by Crippen LogP contribution is 2.54. The van der Waals surface area contributed by atoms with E-state index in [0.29, 0.717) is 26.9 Å². The number of hydrogen-bond donors (Lipinski definition) is 3. The van der Waals surface area contributed by atoms with Crippen LogP contribution < -0.4 is 16.4 Å². The first-order valence-electron chi connectivity index (χ1n) is 10.9. The average molecular weight is 501 g/mol. The van der Waals surface area contributed by atoms with E-state index in [0.717, 1.165) is 5.56 Å². The Morgan fingerprint density at radius 2 is 1.88 bits per heavy atom. The van der Waals surface area contributed by atoms with Crippen molar-refractivity contribution in [3.8, 4) is 0 Å². The molecule has 0 unspecified atom stereocenters. The van der Waals surface area contributed by atoms with Crippen molar-refractivity contribution in [1.29, 1.82) is 0 Å². The maximum absolute atomic E-state index is 13.8. The van der Waals surface area contributed by atoms with Gasteiger partial charge in [0.25, 0.3) is 0 Å². The molecule has 0 radical (unpaired) electrons. The van der Waals surface area contributed by atoms with Crippen LogP contribution in [0.15, 0.2) is 36.4 Å². The number of carbonyl (C=O) groups excluding carboxylic acids is 4. The highest BCUT2D eigenvalue weighted by atomic mass is 35.5. The second-order valence-corrected chi connectivity index (χ2v) is 9.86. The minimum absolute atomic E-state index is 0.00595. The van der Waals surface area contributed by atoms with Crippen molar-refractivity contribution < 1.29 is 19.2 Å². The van der Waals surface area contributed by atoms with Crippen LogP contribution in [0.5, 0.6) is 0 Å². The lowest BCUT2D eigenvalue weighted by Crippen LogP contribution is -2.53. The molecule has 2 aromatic carbocycles. The van der Waals surface area contributed by atoms with Gasteiger partial charge < -0.3 is 11.1 Å². The zero-order chi connectivity index (χ0) is 24.4. The number of amides is 4. The first kappa shape index (κ1) is 22.8. The first-order chi connectivity index (χ1) is 16.1. The molecule has 0 aliphatic carbocycles. The fourth-order valence-corrected chi connectivity index (χ4v) is 6.06. The number of likely N-dealkylation sites (tertiary alicyclic amines) is 1. The summed E-state index contributed by atoms with van der Waals surface area (Å²) in [5.41, 5.74) is 6.34. The number of hydrogen-bond acceptors (Lipinski definition) is 5. The molecule has 0 bridgehead atoms. The van der Waals surface area contributed by atoms with Gasteiger partial charge in [-0.2, -0.15) is 0 Å². The molecule has 2 fully saturated rings. The Labute approximate surface area is 205 Å². The maximum Gasteiger partial charge on any atom is 0.250 e. The van der Waals surface area contributed by atoms with Gasteiger partial charge in [-0.15, -0.1) is 0 Å². The molecule has 2 saturated heterocycles. The fraction of sp³-hybridized carbons (Fsp3) is 0.333. The van der Waals surface area contributed by atoms with E-state index < -0.39 is 47.0 Å². The molecule has 0 aromatic heterocycles.